The van der Waals surface area contributed by atoms with E-state index in [0.29, 0.717) is 12.0 Å². The molecular weight excluding hydrogens is 430 g/mol. The summed E-state index contributed by atoms with van der Waals surface area (Å²) >= 11 is 0. The Kier molecular flexibility index (Phi) is 11.8. The Morgan fingerprint density at radius 3 is 2.21 bits per heavy atom. The van der Waals surface area contributed by atoms with Crippen molar-refractivity contribution in [3.63, 3.8) is 0 Å². The van der Waals surface area contributed by atoms with Gasteiger partial charge in [-0.1, -0.05) is 63.6 Å². The highest BCUT2D eigenvalue weighted by atomic mass is 16.6. The van der Waals surface area contributed by atoms with E-state index in [2.05, 4.69) is 24.1 Å². The van der Waals surface area contributed by atoms with E-state index in [9.17, 15) is 14.4 Å². The van der Waals surface area contributed by atoms with Crippen LogP contribution in [-0.4, -0.2) is 47.0 Å². The van der Waals surface area contributed by atoms with Crippen LogP contribution >= 0.6 is 0 Å². The number of carbonyl (C=O) groups excluding carboxylic acids is 3. The number of nitrogens with zero attached hydrogens (tertiary/aromatic N) is 1. The highest BCUT2D eigenvalue weighted by Gasteiger charge is 2.36. The van der Waals surface area contributed by atoms with Gasteiger partial charge in [-0.2, -0.15) is 0 Å². The number of rotatable bonds is 12. The molecule has 0 radical (unpaired) electrons. The summed E-state index contributed by atoms with van der Waals surface area (Å²) < 4.78 is 5.39. The molecule has 34 heavy (non-hydrogen) atoms. The first kappa shape index (κ1) is 29.2. The summed E-state index contributed by atoms with van der Waals surface area (Å²) in [6.45, 7) is 17.2. The number of nitrogens with one attached hydrogen (secondary N) is 2. The molecule has 1 rings (SSSR count). The molecule has 0 heterocycles. The third-order valence-corrected chi connectivity index (χ3v) is 5.09. The topological polar surface area (TPSA) is 87.7 Å². The molecule has 2 N–H and O–H groups in total. The Labute approximate surface area is 205 Å². The van der Waals surface area contributed by atoms with E-state index in [4.69, 9.17) is 4.74 Å². The summed E-state index contributed by atoms with van der Waals surface area (Å²) in [4.78, 5) is 41.3. The average molecular weight is 474 g/mol. The summed E-state index contributed by atoms with van der Waals surface area (Å²) in [6, 6.07) is 7.47. The van der Waals surface area contributed by atoms with Crippen molar-refractivity contribution in [3.8, 4) is 0 Å². The minimum absolute atomic E-state index is 0.0317. The van der Waals surface area contributed by atoms with Crippen molar-refractivity contribution in [2.24, 2.45) is 5.92 Å². The van der Waals surface area contributed by atoms with Crippen LogP contribution in [-0.2, 0) is 14.3 Å². The Morgan fingerprint density at radius 2 is 1.71 bits per heavy atom. The van der Waals surface area contributed by atoms with Crippen LogP contribution in [0.25, 0.3) is 0 Å². The SMILES string of the molecule is C=CCN(C(=O)C(CC(C)C)NC(=O)OC(C)(C)C)C(C(=O)NC(C)CCC)c1ccccc1. The smallest absolute Gasteiger partial charge is 0.408 e. The van der Waals surface area contributed by atoms with Crippen LogP contribution in [0.3, 0.4) is 0 Å². The Bertz CT molecular complexity index is 802. The lowest BCUT2D eigenvalue weighted by Gasteiger charge is -2.34. The minimum atomic E-state index is -0.860. The lowest BCUT2D eigenvalue weighted by atomic mass is 9.99. The molecule has 3 amide bonds. The molecule has 0 aliphatic rings. The highest BCUT2D eigenvalue weighted by Crippen LogP contribution is 2.24. The average Bonchev–Trinajstić information content (AvgIpc) is 2.71. The number of benzene rings is 1. The van der Waals surface area contributed by atoms with Gasteiger partial charge in [-0.25, -0.2) is 4.79 Å². The van der Waals surface area contributed by atoms with Crippen LogP contribution in [0.5, 0.6) is 0 Å². The van der Waals surface area contributed by atoms with Crippen molar-refractivity contribution < 1.29 is 19.1 Å². The van der Waals surface area contributed by atoms with Crippen molar-refractivity contribution in [1.82, 2.24) is 15.5 Å². The molecule has 7 heteroatoms. The number of hydrogen-bond donors (Lipinski definition) is 2. The van der Waals surface area contributed by atoms with Gasteiger partial charge in [0.1, 0.15) is 17.7 Å². The molecule has 0 spiro atoms. The van der Waals surface area contributed by atoms with Crippen LogP contribution in [0, 0.1) is 5.92 Å². The van der Waals surface area contributed by atoms with E-state index in [1.165, 1.54) is 4.90 Å². The van der Waals surface area contributed by atoms with Gasteiger partial charge >= 0.3 is 6.09 Å². The lowest BCUT2D eigenvalue weighted by Crippen LogP contribution is -2.54. The second-order valence-electron chi connectivity index (χ2n) is 10.1. The summed E-state index contributed by atoms with van der Waals surface area (Å²) in [7, 11) is 0. The van der Waals surface area contributed by atoms with Crippen molar-refractivity contribution in [1.29, 1.82) is 0 Å². The molecule has 1 aromatic carbocycles. The zero-order valence-electron chi connectivity index (χ0n) is 21.9. The van der Waals surface area contributed by atoms with Gasteiger partial charge in [0, 0.05) is 12.6 Å². The fourth-order valence-corrected chi connectivity index (χ4v) is 3.74. The zero-order valence-corrected chi connectivity index (χ0v) is 21.9. The van der Waals surface area contributed by atoms with Gasteiger partial charge in [0.15, 0.2) is 0 Å². The standard InChI is InChI=1S/C27H43N3O4/c1-9-14-20(5)28-24(31)23(21-15-12-11-13-16-21)30(17-10-2)25(32)22(18-19(3)4)29-26(33)34-27(6,7)8/h10-13,15-16,19-20,22-23H,2,9,14,17-18H2,1,3-8H3,(H,28,31)(H,29,33). The van der Waals surface area contributed by atoms with Crippen molar-refractivity contribution >= 4 is 17.9 Å². The van der Waals surface area contributed by atoms with Crippen LogP contribution in [0.4, 0.5) is 4.79 Å². The fraction of sp³-hybridized carbons (Fsp3) is 0.593. The maximum atomic E-state index is 13.8. The van der Waals surface area contributed by atoms with Gasteiger partial charge in [0.2, 0.25) is 11.8 Å². The Hall–Kier alpha value is -2.83. The summed E-state index contributed by atoms with van der Waals surface area (Å²) in [5.41, 5.74) is -0.00229. The number of alkyl carbamates (subject to hydrolysis) is 1. The number of hydrogen-bond acceptors (Lipinski definition) is 4. The van der Waals surface area contributed by atoms with Crippen molar-refractivity contribution in [3.05, 3.63) is 48.6 Å². The van der Waals surface area contributed by atoms with Gasteiger partial charge in [0.25, 0.3) is 0 Å². The first-order chi connectivity index (χ1) is 15.9. The third-order valence-electron chi connectivity index (χ3n) is 5.09. The molecule has 0 aromatic heterocycles. The zero-order chi connectivity index (χ0) is 25.9. The largest absolute Gasteiger partial charge is 0.444 e. The van der Waals surface area contributed by atoms with Crippen molar-refractivity contribution in [2.75, 3.05) is 6.54 Å². The maximum absolute atomic E-state index is 13.8. The van der Waals surface area contributed by atoms with Gasteiger partial charge in [0.05, 0.1) is 0 Å². The molecule has 7 nitrogen and oxygen atoms in total. The van der Waals surface area contributed by atoms with Gasteiger partial charge < -0.3 is 20.3 Å². The molecule has 3 atom stereocenters. The van der Waals surface area contributed by atoms with Crippen LogP contribution in [0.1, 0.15) is 79.3 Å². The van der Waals surface area contributed by atoms with Crippen LogP contribution < -0.4 is 10.6 Å². The van der Waals surface area contributed by atoms with Crippen LogP contribution in [0.2, 0.25) is 0 Å². The number of ether oxygens (including phenoxy) is 1. The number of carbonyl (C=O) groups is 3. The maximum Gasteiger partial charge on any atom is 0.408 e. The summed E-state index contributed by atoms with van der Waals surface area (Å²) in [5, 5.41) is 5.78. The molecule has 0 saturated carbocycles. The Balaban J connectivity index is 3.36. The van der Waals surface area contributed by atoms with E-state index in [-0.39, 0.29) is 30.3 Å². The predicted molar refractivity (Wildman–Crippen MR) is 136 cm³/mol. The van der Waals surface area contributed by atoms with E-state index < -0.39 is 23.8 Å². The van der Waals surface area contributed by atoms with E-state index in [0.717, 1.165) is 12.8 Å². The van der Waals surface area contributed by atoms with Gasteiger partial charge in [-0.15, -0.1) is 6.58 Å². The van der Waals surface area contributed by atoms with Gasteiger partial charge in [-0.05, 0) is 52.0 Å². The molecule has 0 saturated heterocycles. The van der Waals surface area contributed by atoms with Gasteiger partial charge in [-0.3, -0.25) is 9.59 Å². The normalized spacial score (nSPS) is 14.0. The summed E-state index contributed by atoms with van der Waals surface area (Å²) in [6.07, 6.45) is 3.10. The third kappa shape index (κ3) is 9.98. The molecule has 190 valence electrons. The molecule has 0 aliphatic heterocycles. The lowest BCUT2D eigenvalue weighted by molar-refractivity contribution is -0.142. The second-order valence-corrected chi connectivity index (χ2v) is 10.1. The van der Waals surface area contributed by atoms with E-state index in [1.54, 1.807) is 26.8 Å². The predicted octanol–water partition coefficient (Wildman–Crippen LogP) is 4.99. The monoisotopic (exact) mass is 473 g/mol. The van der Waals surface area contributed by atoms with Crippen molar-refractivity contribution in [2.45, 2.75) is 91.5 Å². The molecule has 0 fully saturated rings. The Morgan fingerprint density at radius 1 is 1.09 bits per heavy atom. The molecular formula is C27H43N3O4. The highest BCUT2D eigenvalue weighted by molar-refractivity contribution is 5.92. The molecule has 0 bridgehead atoms. The van der Waals surface area contributed by atoms with Crippen LogP contribution in [0.15, 0.2) is 43.0 Å². The second kappa shape index (κ2) is 13.8. The number of amides is 3. The fourth-order valence-electron chi connectivity index (χ4n) is 3.74. The quantitative estimate of drug-likeness (QED) is 0.419. The molecule has 3 unspecified atom stereocenters. The van der Waals surface area contributed by atoms with E-state index >= 15 is 0 Å². The first-order valence-electron chi connectivity index (χ1n) is 12.2. The minimum Gasteiger partial charge on any atom is -0.444 e. The molecule has 0 aliphatic carbocycles. The first-order valence-corrected chi connectivity index (χ1v) is 12.2. The molecule has 1 aromatic rings. The summed E-state index contributed by atoms with van der Waals surface area (Å²) in [5.74, 6) is -0.488. The van der Waals surface area contributed by atoms with E-state index in [1.807, 2.05) is 51.1 Å².